The molecule has 4 nitrogen and oxygen atoms in total. The van der Waals surface area contributed by atoms with Crippen LogP contribution in [-0.2, 0) is 6.42 Å². The molecule has 0 saturated carbocycles. The van der Waals surface area contributed by atoms with Gasteiger partial charge in [0.2, 0.25) is 0 Å². The summed E-state index contributed by atoms with van der Waals surface area (Å²) >= 11 is 7.60. The third-order valence-corrected chi connectivity index (χ3v) is 4.10. The van der Waals surface area contributed by atoms with Crippen LogP contribution >= 0.6 is 22.9 Å². The zero-order valence-electron chi connectivity index (χ0n) is 11.3. The summed E-state index contributed by atoms with van der Waals surface area (Å²) in [6.45, 7) is 0. The summed E-state index contributed by atoms with van der Waals surface area (Å²) < 4.78 is 5.26. The molecule has 106 valence electrons. The van der Waals surface area contributed by atoms with E-state index in [1.807, 2.05) is 35.7 Å². The van der Waals surface area contributed by atoms with E-state index in [9.17, 15) is 0 Å². The average Bonchev–Trinajstić information content (AvgIpc) is 2.97. The Hall–Kier alpha value is -1.98. The number of ether oxygens (including phenoxy) is 1. The summed E-state index contributed by atoms with van der Waals surface area (Å²) in [5.74, 6) is 0.510. The Kier molecular flexibility index (Phi) is 4.13. The molecule has 3 rings (SSSR count). The quantitative estimate of drug-likeness (QED) is 0.686. The lowest BCUT2D eigenvalue weighted by Crippen LogP contribution is -1.99. The van der Waals surface area contributed by atoms with Crippen LogP contribution < -0.4 is 4.74 Å². The molecule has 0 radical (unpaired) electrons. The smallest absolute Gasteiger partial charge is 0.178 e. The summed E-state index contributed by atoms with van der Waals surface area (Å²) in [6.07, 6.45) is 2.01. The van der Waals surface area contributed by atoms with Gasteiger partial charge in [-0.05, 0) is 0 Å². The van der Waals surface area contributed by atoms with E-state index in [-0.39, 0.29) is 0 Å². The first-order valence-corrected chi connectivity index (χ1v) is 7.57. The monoisotopic (exact) mass is 317 g/mol. The molecule has 0 unspecified atom stereocenters. The first kappa shape index (κ1) is 14.0. The second kappa shape index (κ2) is 6.20. The highest BCUT2D eigenvalue weighted by molar-refractivity contribution is 7.10. The van der Waals surface area contributed by atoms with Gasteiger partial charge < -0.3 is 4.74 Å². The van der Waals surface area contributed by atoms with Crippen LogP contribution in [0.25, 0.3) is 11.3 Å². The Labute approximate surface area is 131 Å². The molecule has 21 heavy (non-hydrogen) atoms. The normalized spacial score (nSPS) is 10.6. The number of benzene rings is 1. The number of hydrogen-bond acceptors (Lipinski definition) is 5. The fraction of sp³-hybridized carbons (Fsp3) is 0.133. The molecule has 3 aromatic rings. The molecule has 0 amide bonds. The van der Waals surface area contributed by atoms with Gasteiger partial charge >= 0.3 is 0 Å². The number of rotatable bonds is 4. The van der Waals surface area contributed by atoms with Gasteiger partial charge in [-0.15, -0.1) is 11.3 Å². The molecule has 0 N–H and O–H groups in total. The zero-order chi connectivity index (χ0) is 14.7. The predicted molar refractivity (Wildman–Crippen MR) is 84.0 cm³/mol. The first-order chi connectivity index (χ1) is 10.3. The van der Waals surface area contributed by atoms with Crippen LogP contribution in [0.5, 0.6) is 5.75 Å². The molecule has 0 bridgehead atoms. The largest absolute Gasteiger partial charge is 0.492 e. The van der Waals surface area contributed by atoms with Crippen molar-refractivity contribution in [2.75, 3.05) is 7.11 Å². The van der Waals surface area contributed by atoms with Gasteiger partial charge in [-0.1, -0.05) is 41.9 Å². The van der Waals surface area contributed by atoms with Crippen LogP contribution in [-0.4, -0.2) is 22.1 Å². The summed E-state index contributed by atoms with van der Waals surface area (Å²) in [4.78, 5) is 12.8. The molecule has 0 saturated heterocycles. The van der Waals surface area contributed by atoms with Gasteiger partial charge in [-0.3, -0.25) is 0 Å². The Morgan fingerprint density at radius 1 is 1.19 bits per heavy atom. The Bertz CT molecular complexity index is 746. The number of aromatic nitrogens is 3. The summed E-state index contributed by atoms with van der Waals surface area (Å²) in [6, 6.07) is 10.1. The lowest BCUT2D eigenvalue weighted by Gasteiger charge is -2.06. The van der Waals surface area contributed by atoms with Gasteiger partial charge in [-0.25, -0.2) is 15.0 Å². The molecule has 0 aliphatic carbocycles. The molecule has 1 aromatic carbocycles. The zero-order valence-corrected chi connectivity index (χ0v) is 12.9. The van der Waals surface area contributed by atoms with E-state index in [0.717, 1.165) is 22.0 Å². The van der Waals surface area contributed by atoms with Crippen LogP contribution in [0.2, 0.25) is 5.15 Å². The minimum absolute atomic E-state index is 0.322. The highest BCUT2D eigenvalue weighted by atomic mass is 35.5. The lowest BCUT2D eigenvalue weighted by atomic mass is 10.2. The van der Waals surface area contributed by atoms with E-state index in [0.29, 0.717) is 17.3 Å². The van der Waals surface area contributed by atoms with Gasteiger partial charge in [0.05, 0.1) is 23.5 Å². The van der Waals surface area contributed by atoms with E-state index < -0.39 is 0 Å². The summed E-state index contributed by atoms with van der Waals surface area (Å²) in [5, 5.41) is 3.32. The fourth-order valence-corrected chi connectivity index (χ4v) is 3.03. The van der Waals surface area contributed by atoms with Crippen molar-refractivity contribution < 1.29 is 4.74 Å². The minimum atomic E-state index is 0.322. The molecule has 2 aromatic heterocycles. The first-order valence-electron chi connectivity index (χ1n) is 6.31. The molecule has 2 heterocycles. The van der Waals surface area contributed by atoms with Gasteiger partial charge in [-0.2, -0.15) is 0 Å². The van der Waals surface area contributed by atoms with Crippen LogP contribution in [0.3, 0.4) is 0 Å². The van der Waals surface area contributed by atoms with Crippen molar-refractivity contribution in [2.45, 2.75) is 6.42 Å². The second-order valence-electron chi connectivity index (χ2n) is 4.31. The third kappa shape index (κ3) is 3.04. The van der Waals surface area contributed by atoms with Crippen molar-refractivity contribution in [1.82, 2.24) is 15.0 Å². The molecule has 0 aliphatic heterocycles. The van der Waals surface area contributed by atoms with E-state index in [2.05, 4.69) is 15.0 Å². The molecule has 0 aliphatic rings. The molecular weight excluding hydrogens is 306 g/mol. The van der Waals surface area contributed by atoms with E-state index in [1.165, 1.54) is 6.33 Å². The fourth-order valence-electron chi connectivity index (χ4n) is 1.99. The molecule has 0 fully saturated rings. The van der Waals surface area contributed by atoms with E-state index >= 15 is 0 Å². The van der Waals surface area contributed by atoms with E-state index in [1.54, 1.807) is 18.4 Å². The van der Waals surface area contributed by atoms with Crippen LogP contribution in [0.1, 0.15) is 10.7 Å². The Morgan fingerprint density at radius 3 is 2.76 bits per heavy atom. The number of nitrogens with zero attached hydrogens (tertiary/aromatic N) is 3. The summed E-state index contributed by atoms with van der Waals surface area (Å²) in [7, 11) is 1.56. The molecule has 0 atom stereocenters. The maximum Gasteiger partial charge on any atom is 0.178 e. The van der Waals surface area contributed by atoms with Gasteiger partial charge in [0.15, 0.2) is 10.9 Å². The molecule has 0 spiro atoms. The van der Waals surface area contributed by atoms with Crippen LogP contribution in [0.15, 0.2) is 42.0 Å². The number of thiazole rings is 1. The Morgan fingerprint density at radius 2 is 2.00 bits per heavy atom. The molecule has 6 heteroatoms. The van der Waals surface area contributed by atoms with Gasteiger partial charge in [0.25, 0.3) is 0 Å². The van der Waals surface area contributed by atoms with Crippen molar-refractivity contribution >= 4 is 22.9 Å². The SMILES string of the molecule is COc1c(Cl)ncnc1Cc1nc(-c2ccccc2)cs1. The van der Waals surface area contributed by atoms with Gasteiger partial charge in [0, 0.05) is 17.4 Å². The second-order valence-corrected chi connectivity index (χ2v) is 5.61. The van der Waals surface area contributed by atoms with Crippen LogP contribution in [0, 0.1) is 0 Å². The van der Waals surface area contributed by atoms with Crippen molar-refractivity contribution in [3.63, 3.8) is 0 Å². The van der Waals surface area contributed by atoms with E-state index in [4.69, 9.17) is 16.3 Å². The summed E-state index contributed by atoms with van der Waals surface area (Å²) in [5.41, 5.74) is 2.81. The molecular formula is C15H12ClN3OS. The van der Waals surface area contributed by atoms with Crippen molar-refractivity contribution in [3.05, 3.63) is 57.9 Å². The highest BCUT2D eigenvalue weighted by Crippen LogP contribution is 2.28. The maximum atomic E-state index is 6.00. The minimum Gasteiger partial charge on any atom is -0.492 e. The third-order valence-electron chi connectivity index (χ3n) is 2.98. The number of hydrogen-bond donors (Lipinski definition) is 0. The Balaban J connectivity index is 1.87. The number of halogens is 1. The van der Waals surface area contributed by atoms with Gasteiger partial charge in [0.1, 0.15) is 6.33 Å². The lowest BCUT2D eigenvalue weighted by molar-refractivity contribution is 0.405. The van der Waals surface area contributed by atoms with Crippen molar-refractivity contribution in [1.29, 1.82) is 0 Å². The number of methoxy groups -OCH3 is 1. The van der Waals surface area contributed by atoms with Crippen molar-refractivity contribution in [2.24, 2.45) is 0 Å². The van der Waals surface area contributed by atoms with Crippen LogP contribution in [0.4, 0.5) is 0 Å². The van der Waals surface area contributed by atoms with Crippen molar-refractivity contribution in [3.8, 4) is 17.0 Å². The topological polar surface area (TPSA) is 47.9 Å². The average molecular weight is 318 g/mol. The standard InChI is InChI=1S/C15H12ClN3OS/c1-20-14-11(17-9-18-15(14)16)7-13-19-12(8-21-13)10-5-3-2-4-6-10/h2-6,8-9H,7H2,1H3. The predicted octanol–water partition coefficient (Wildman–Crippen LogP) is 3.85. The highest BCUT2D eigenvalue weighted by Gasteiger charge is 2.13. The maximum absolute atomic E-state index is 6.00.